The topological polar surface area (TPSA) is 370 Å². The number of hydrogen-bond donors (Lipinski definition) is 13. The van der Waals surface area contributed by atoms with Crippen LogP contribution in [0.2, 0.25) is 0 Å². The largest absolute Gasteiger partial charge is 0.466 e. The molecule has 1 aliphatic heterocycles. The Morgan fingerprint density at radius 3 is 1.62 bits per heavy atom. The van der Waals surface area contributed by atoms with Crippen LogP contribution in [0.25, 0.3) is 0 Å². The predicted molar refractivity (Wildman–Crippen MR) is 101 cm³/mol. The molecule has 23 heteroatoms. The molecule has 0 unspecified atom stereocenters. The van der Waals surface area contributed by atoms with Gasteiger partial charge in [-0.2, -0.15) is 4.98 Å². The first-order valence-electron chi connectivity index (χ1n) is 7.44. The van der Waals surface area contributed by atoms with Crippen molar-refractivity contribution in [1.82, 2.24) is 9.55 Å². The van der Waals surface area contributed by atoms with E-state index in [2.05, 4.69) is 4.98 Å². The Hall–Kier alpha value is -1.15. The summed E-state index contributed by atoms with van der Waals surface area (Å²) in [4.78, 5) is 79.8. The zero-order valence-electron chi connectivity index (χ0n) is 15.5. The molecule has 0 aromatic carbocycles. The van der Waals surface area contributed by atoms with Gasteiger partial charge in [0, 0.05) is 6.20 Å². The van der Waals surface area contributed by atoms with E-state index in [4.69, 9.17) is 79.0 Å². The second kappa shape index (κ2) is 13.5. The summed E-state index contributed by atoms with van der Waals surface area (Å²) in [5, 5.41) is 18.6. The van der Waals surface area contributed by atoms with Crippen LogP contribution in [0.5, 0.6) is 0 Å². The fourth-order valence-corrected chi connectivity index (χ4v) is 1.79. The normalized spacial score (nSPS) is 23.0. The molecule has 20 nitrogen and oxygen atoms in total. The minimum Gasteiger partial charge on any atom is -0.394 e. The molecule has 2 rings (SSSR count). The summed E-state index contributed by atoms with van der Waals surface area (Å²) < 4.78 is 33.1. The molecule has 190 valence electrons. The average Bonchev–Trinajstić information content (AvgIpc) is 2.78. The van der Waals surface area contributed by atoms with Gasteiger partial charge in [-0.1, -0.05) is 0 Å². The highest BCUT2D eigenvalue weighted by Crippen LogP contribution is 2.27. The van der Waals surface area contributed by atoms with Gasteiger partial charge in [0.05, 0.1) is 12.6 Å². The highest BCUT2D eigenvalue weighted by molar-refractivity contribution is 7.45. The minimum atomic E-state index is -4.64. The fourth-order valence-electron chi connectivity index (χ4n) is 1.79. The first-order chi connectivity index (χ1) is 14.0. The molecular weight excluding hydrogens is 513 g/mol. The first kappa shape index (κ1) is 33.0. The van der Waals surface area contributed by atoms with Crippen molar-refractivity contribution in [3.8, 4) is 0 Å². The molecule has 0 spiro atoms. The molecule has 1 aliphatic rings. The number of aromatic nitrogens is 2. The minimum absolute atomic E-state index is 0.0945. The van der Waals surface area contributed by atoms with E-state index in [-0.39, 0.29) is 12.4 Å². The van der Waals surface area contributed by atoms with E-state index >= 15 is 0 Å². The SMILES string of the molecule is Nc1ccn([C@@H]2O[C@H](CO)[C@@H](O)[C@H]2N)c(=O)n1.O=P(O)(O)O.O=P(O)(O)O.O=P(O)(O)O. The molecule has 0 amide bonds. The highest BCUT2D eigenvalue weighted by Gasteiger charge is 2.42. The van der Waals surface area contributed by atoms with Crippen molar-refractivity contribution in [2.75, 3.05) is 12.3 Å². The monoisotopic (exact) mass is 536 g/mol. The van der Waals surface area contributed by atoms with Crippen molar-refractivity contribution in [2.24, 2.45) is 5.73 Å². The van der Waals surface area contributed by atoms with Crippen molar-refractivity contribution in [1.29, 1.82) is 0 Å². The van der Waals surface area contributed by atoms with Crippen LogP contribution in [0.15, 0.2) is 17.1 Å². The lowest BCUT2D eigenvalue weighted by Gasteiger charge is -2.17. The first-order valence-corrected chi connectivity index (χ1v) is 12.1. The number of anilines is 1. The maximum absolute atomic E-state index is 11.6. The Labute approximate surface area is 177 Å². The zero-order chi connectivity index (χ0) is 26.1. The second-order valence-corrected chi connectivity index (χ2v) is 8.48. The lowest BCUT2D eigenvalue weighted by atomic mass is 10.1. The molecule has 1 fully saturated rings. The van der Waals surface area contributed by atoms with E-state index in [1.54, 1.807) is 0 Å². The Kier molecular flexibility index (Phi) is 14.0. The van der Waals surface area contributed by atoms with Crippen molar-refractivity contribution >= 4 is 29.3 Å². The average molecular weight is 536 g/mol. The zero-order valence-corrected chi connectivity index (χ0v) is 18.2. The van der Waals surface area contributed by atoms with Crippen LogP contribution in [0.1, 0.15) is 6.23 Å². The number of nitrogens with two attached hydrogens (primary N) is 2. The van der Waals surface area contributed by atoms with E-state index in [0.29, 0.717) is 0 Å². The van der Waals surface area contributed by atoms with Crippen LogP contribution in [-0.4, -0.2) is 88.7 Å². The van der Waals surface area contributed by atoms with Crippen LogP contribution in [0.3, 0.4) is 0 Å². The molecule has 0 aliphatic carbocycles. The Bertz CT molecular complexity index is 821. The van der Waals surface area contributed by atoms with Gasteiger partial charge >= 0.3 is 29.2 Å². The molecule has 0 bridgehead atoms. The van der Waals surface area contributed by atoms with E-state index < -0.39 is 53.6 Å². The maximum atomic E-state index is 11.6. The van der Waals surface area contributed by atoms with Gasteiger partial charge in [-0.25, -0.2) is 18.5 Å². The van der Waals surface area contributed by atoms with Gasteiger partial charge in [0.1, 0.15) is 18.0 Å². The molecule has 1 aromatic heterocycles. The van der Waals surface area contributed by atoms with Crippen molar-refractivity contribution < 1.29 is 72.7 Å². The molecule has 0 saturated carbocycles. The number of ether oxygens (including phenoxy) is 1. The quantitative estimate of drug-likeness (QED) is 0.157. The summed E-state index contributed by atoms with van der Waals surface area (Å²) in [6.07, 6.45) is -1.31. The van der Waals surface area contributed by atoms with Gasteiger partial charge in [-0.15, -0.1) is 0 Å². The van der Waals surface area contributed by atoms with Gasteiger partial charge < -0.3 is 70.5 Å². The summed E-state index contributed by atoms with van der Waals surface area (Å²) in [6.45, 7) is -0.373. The summed E-state index contributed by atoms with van der Waals surface area (Å²) in [5.74, 6) is 0.0945. The Morgan fingerprint density at radius 2 is 1.34 bits per heavy atom. The lowest BCUT2D eigenvalue weighted by molar-refractivity contribution is -0.0464. The number of rotatable bonds is 2. The third kappa shape index (κ3) is 19.5. The highest BCUT2D eigenvalue weighted by atomic mass is 31.2. The number of phosphoric acid groups is 3. The van der Waals surface area contributed by atoms with E-state index in [9.17, 15) is 9.90 Å². The number of nitrogen functional groups attached to an aromatic ring is 1. The van der Waals surface area contributed by atoms with Crippen LogP contribution in [0, 0.1) is 0 Å². The van der Waals surface area contributed by atoms with Crippen molar-refractivity contribution in [2.45, 2.75) is 24.5 Å². The van der Waals surface area contributed by atoms with E-state index in [0.717, 1.165) is 4.57 Å². The van der Waals surface area contributed by atoms with Crippen LogP contribution >= 0.6 is 23.5 Å². The molecule has 32 heavy (non-hydrogen) atoms. The van der Waals surface area contributed by atoms with Crippen molar-refractivity contribution in [3.63, 3.8) is 0 Å². The van der Waals surface area contributed by atoms with Gasteiger partial charge in [-0.3, -0.25) is 4.57 Å². The fraction of sp³-hybridized carbons (Fsp3) is 0.556. The summed E-state index contributed by atoms with van der Waals surface area (Å²) in [5.41, 5.74) is 10.5. The van der Waals surface area contributed by atoms with Crippen LogP contribution in [-0.2, 0) is 18.4 Å². The second-order valence-electron chi connectivity index (χ2n) is 5.40. The van der Waals surface area contributed by atoms with Gasteiger partial charge in [0.2, 0.25) is 0 Å². The molecule has 1 saturated heterocycles. The summed E-state index contributed by atoms with van der Waals surface area (Å²) >= 11 is 0. The molecular formula is C9H23N4O16P3. The number of hydrogen-bond acceptors (Lipinski definition) is 10. The Balaban J connectivity index is 0. The van der Waals surface area contributed by atoms with Gasteiger partial charge in [0.25, 0.3) is 0 Å². The van der Waals surface area contributed by atoms with E-state index in [1.165, 1.54) is 12.3 Å². The molecule has 0 radical (unpaired) electrons. The smallest absolute Gasteiger partial charge is 0.394 e. The van der Waals surface area contributed by atoms with Crippen molar-refractivity contribution in [3.05, 3.63) is 22.7 Å². The van der Waals surface area contributed by atoms with Crippen LogP contribution < -0.4 is 17.2 Å². The summed E-state index contributed by atoms with van der Waals surface area (Å²) in [6, 6.07) is 0.617. The summed E-state index contributed by atoms with van der Waals surface area (Å²) in [7, 11) is -13.9. The predicted octanol–water partition coefficient (Wildman–Crippen LogP) is -5.38. The molecule has 15 N–H and O–H groups in total. The molecule has 1 aromatic rings. The maximum Gasteiger partial charge on any atom is 0.466 e. The van der Waals surface area contributed by atoms with Gasteiger partial charge in [0.15, 0.2) is 6.23 Å². The van der Waals surface area contributed by atoms with Gasteiger partial charge in [-0.05, 0) is 6.07 Å². The third-order valence-corrected chi connectivity index (χ3v) is 2.72. The molecule has 2 heterocycles. The van der Waals surface area contributed by atoms with Crippen LogP contribution in [0.4, 0.5) is 5.82 Å². The lowest BCUT2D eigenvalue weighted by Crippen LogP contribution is -2.42. The number of aliphatic hydroxyl groups is 2. The Morgan fingerprint density at radius 1 is 0.969 bits per heavy atom. The molecule has 4 atom stereocenters. The third-order valence-electron chi connectivity index (χ3n) is 2.72. The number of nitrogens with zero attached hydrogens (tertiary/aromatic N) is 2. The standard InChI is InChI=1S/C9H14N4O4.3H3O4P/c10-5-1-2-13(9(16)12-5)8-6(11)7(15)4(3-14)17-8;3*1-5(2,3)4/h1-2,4,6-8,14-15H,3,11H2,(H2,10,12,16);3*(H3,1,2,3,4)/t4-,6-,7-,8-;;;/m1.../s1. The number of aliphatic hydroxyl groups excluding tert-OH is 2. The van der Waals surface area contributed by atoms with E-state index in [1.807, 2.05) is 0 Å².